The van der Waals surface area contributed by atoms with Crippen LogP contribution in [0.2, 0.25) is 0 Å². The summed E-state index contributed by atoms with van der Waals surface area (Å²) in [6, 6.07) is 25.1. The summed E-state index contributed by atoms with van der Waals surface area (Å²) >= 11 is 0. The van der Waals surface area contributed by atoms with Gasteiger partial charge in [-0.3, -0.25) is 4.79 Å². The number of carboxylic acids is 1. The molecule has 4 rings (SSSR count). The van der Waals surface area contributed by atoms with Gasteiger partial charge in [0.1, 0.15) is 17.6 Å². The molecule has 0 aliphatic carbocycles. The summed E-state index contributed by atoms with van der Waals surface area (Å²) in [5, 5.41) is 12.4. The summed E-state index contributed by atoms with van der Waals surface area (Å²) in [7, 11) is 0. The maximum Gasteiger partial charge on any atom is 0.326 e. The second-order valence-electron chi connectivity index (χ2n) is 8.68. The lowest BCUT2D eigenvalue weighted by atomic mass is 10.1. The molecule has 0 fully saturated rings. The van der Waals surface area contributed by atoms with Crippen molar-refractivity contribution in [2.45, 2.75) is 32.2 Å². The van der Waals surface area contributed by atoms with Gasteiger partial charge in [-0.15, -0.1) is 0 Å². The van der Waals surface area contributed by atoms with Gasteiger partial charge in [-0.05, 0) is 29.8 Å². The molecule has 4 aromatic rings. The first kappa shape index (κ1) is 26.4. The Bertz CT molecular complexity index is 1360. The average molecular weight is 511 g/mol. The standard InChI is InChI=1S/C31H30N2O5/c1-2-29-26(33-30(38-29)24-11-7-4-8-12-24)18-20-37-25-15-13-22(14-16-25)21-27(31(35)36)32-19-17-28(34)23-9-5-3-6-10-23/h3-17,19,27,32H,2,18,20-21H2,1H3,(H,35,36)/t27-/m0/s1. The lowest BCUT2D eigenvalue weighted by Crippen LogP contribution is -2.35. The van der Waals surface area contributed by atoms with E-state index in [1.165, 1.54) is 12.3 Å². The van der Waals surface area contributed by atoms with E-state index in [2.05, 4.69) is 10.3 Å². The fraction of sp³-hybridized carbons (Fsp3) is 0.194. The molecular formula is C31H30N2O5. The number of carboxylic acid groups (broad SMARTS) is 1. The van der Waals surface area contributed by atoms with Gasteiger partial charge in [0.25, 0.3) is 0 Å². The number of aryl methyl sites for hydroxylation is 1. The van der Waals surface area contributed by atoms with Crippen molar-refractivity contribution in [2.24, 2.45) is 0 Å². The van der Waals surface area contributed by atoms with E-state index >= 15 is 0 Å². The SMILES string of the molecule is CCc1oc(-c2ccccc2)nc1CCOc1ccc(C[C@H](NC=CC(=O)c2ccccc2)C(=O)O)cc1. The van der Waals surface area contributed by atoms with Crippen molar-refractivity contribution in [3.63, 3.8) is 0 Å². The molecule has 0 aliphatic heterocycles. The third-order valence-electron chi connectivity index (χ3n) is 5.98. The molecule has 7 nitrogen and oxygen atoms in total. The third kappa shape index (κ3) is 7.20. The number of hydrogen-bond acceptors (Lipinski definition) is 6. The van der Waals surface area contributed by atoms with Crippen molar-refractivity contribution in [3.05, 3.63) is 120 Å². The normalized spacial score (nSPS) is 11.8. The Balaban J connectivity index is 1.29. The number of hydrogen-bond donors (Lipinski definition) is 2. The van der Waals surface area contributed by atoms with Gasteiger partial charge in [0.2, 0.25) is 5.89 Å². The van der Waals surface area contributed by atoms with Crippen LogP contribution >= 0.6 is 0 Å². The molecule has 1 heterocycles. The molecule has 38 heavy (non-hydrogen) atoms. The third-order valence-corrected chi connectivity index (χ3v) is 5.98. The van der Waals surface area contributed by atoms with Gasteiger partial charge in [0.15, 0.2) is 5.78 Å². The van der Waals surface area contributed by atoms with Crippen molar-refractivity contribution in [2.75, 3.05) is 6.61 Å². The molecule has 0 amide bonds. The second-order valence-corrected chi connectivity index (χ2v) is 8.68. The number of aromatic nitrogens is 1. The first-order valence-corrected chi connectivity index (χ1v) is 12.5. The van der Waals surface area contributed by atoms with E-state index in [1.54, 1.807) is 24.3 Å². The Morgan fingerprint density at radius 3 is 2.34 bits per heavy atom. The number of oxazole rings is 1. The van der Waals surface area contributed by atoms with E-state index in [0.29, 0.717) is 30.2 Å². The number of ketones is 1. The molecular weight excluding hydrogens is 480 g/mol. The van der Waals surface area contributed by atoms with Crippen LogP contribution in [-0.2, 0) is 24.1 Å². The number of benzene rings is 3. The van der Waals surface area contributed by atoms with Gasteiger partial charge in [-0.25, -0.2) is 9.78 Å². The van der Waals surface area contributed by atoms with Crippen LogP contribution in [0.5, 0.6) is 5.75 Å². The smallest absolute Gasteiger partial charge is 0.326 e. The fourth-order valence-electron chi connectivity index (χ4n) is 3.94. The average Bonchev–Trinajstić information content (AvgIpc) is 3.37. The summed E-state index contributed by atoms with van der Waals surface area (Å²) in [6.07, 6.45) is 4.34. The highest BCUT2D eigenvalue weighted by Crippen LogP contribution is 2.23. The summed E-state index contributed by atoms with van der Waals surface area (Å²) in [5.74, 6) is 0.956. The van der Waals surface area contributed by atoms with Crippen LogP contribution in [0.1, 0.15) is 34.3 Å². The Labute approximate surface area is 221 Å². The first-order valence-electron chi connectivity index (χ1n) is 12.5. The van der Waals surface area contributed by atoms with E-state index in [-0.39, 0.29) is 12.2 Å². The summed E-state index contributed by atoms with van der Waals surface area (Å²) in [4.78, 5) is 28.6. The number of nitrogens with zero attached hydrogens (tertiary/aromatic N) is 1. The molecule has 0 aliphatic rings. The van der Waals surface area contributed by atoms with E-state index in [0.717, 1.165) is 29.0 Å². The molecule has 0 bridgehead atoms. The van der Waals surface area contributed by atoms with Crippen LogP contribution in [0.25, 0.3) is 11.5 Å². The molecule has 0 radical (unpaired) electrons. The number of aliphatic carboxylic acids is 1. The minimum Gasteiger partial charge on any atom is -0.493 e. The van der Waals surface area contributed by atoms with Gasteiger partial charge in [0.05, 0.1) is 12.3 Å². The maximum absolute atomic E-state index is 12.2. The van der Waals surface area contributed by atoms with Gasteiger partial charge < -0.3 is 19.6 Å². The lowest BCUT2D eigenvalue weighted by Gasteiger charge is -2.13. The van der Waals surface area contributed by atoms with Crippen molar-refractivity contribution in [1.82, 2.24) is 10.3 Å². The fourth-order valence-corrected chi connectivity index (χ4v) is 3.94. The zero-order valence-electron chi connectivity index (χ0n) is 21.2. The highest BCUT2D eigenvalue weighted by atomic mass is 16.5. The van der Waals surface area contributed by atoms with E-state index in [9.17, 15) is 14.7 Å². The number of nitrogens with one attached hydrogen (secondary N) is 1. The zero-order chi connectivity index (χ0) is 26.7. The zero-order valence-corrected chi connectivity index (χ0v) is 21.2. The van der Waals surface area contributed by atoms with Crippen LogP contribution in [0.3, 0.4) is 0 Å². The predicted octanol–water partition coefficient (Wildman–Crippen LogP) is 5.51. The number of rotatable bonds is 13. The Morgan fingerprint density at radius 1 is 1.00 bits per heavy atom. The minimum atomic E-state index is -1.00. The molecule has 0 spiro atoms. The second kappa shape index (κ2) is 13.1. The highest BCUT2D eigenvalue weighted by molar-refractivity contribution is 6.04. The van der Waals surface area contributed by atoms with E-state index < -0.39 is 12.0 Å². The molecule has 0 unspecified atom stereocenters. The largest absolute Gasteiger partial charge is 0.493 e. The number of allylic oxidation sites excluding steroid dienone is 1. The highest BCUT2D eigenvalue weighted by Gasteiger charge is 2.17. The molecule has 1 atom stereocenters. The molecule has 0 saturated carbocycles. The van der Waals surface area contributed by atoms with Crippen LogP contribution in [0.4, 0.5) is 0 Å². The molecule has 0 saturated heterocycles. The van der Waals surface area contributed by atoms with Crippen molar-refractivity contribution < 1.29 is 23.8 Å². The van der Waals surface area contributed by atoms with Gasteiger partial charge in [-0.2, -0.15) is 0 Å². The van der Waals surface area contributed by atoms with Crippen molar-refractivity contribution >= 4 is 11.8 Å². The van der Waals surface area contributed by atoms with Crippen LogP contribution in [0, 0.1) is 0 Å². The predicted molar refractivity (Wildman–Crippen MR) is 145 cm³/mol. The van der Waals surface area contributed by atoms with Gasteiger partial charge >= 0.3 is 5.97 Å². The van der Waals surface area contributed by atoms with Crippen LogP contribution in [0.15, 0.2) is 102 Å². The Hall–Kier alpha value is -4.65. The molecule has 1 aromatic heterocycles. The molecule has 3 aromatic carbocycles. The summed E-state index contributed by atoms with van der Waals surface area (Å²) in [6.45, 7) is 2.47. The molecule has 7 heteroatoms. The number of ether oxygens (including phenoxy) is 1. The first-order chi connectivity index (χ1) is 18.5. The monoisotopic (exact) mass is 510 g/mol. The van der Waals surface area contributed by atoms with Crippen LogP contribution in [-0.4, -0.2) is 34.5 Å². The van der Waals surface area contributed by atoms with E-state index in [4.69, 9.17) is 9.15 Å². The Kier molecular flexibility index (Phi) is 9.07. The maximum atomic E-state index is 12.2. The van der Waals surface area contributed by atoms with E-state index in [1.807, 2.05) is 67.6 Å². The van der Waals surface area contributed by atoms with Crippen LogP contribution < -0.4 is 10.1 Å². The quantitative estimate of drug-likeness (QED) is 0.181. The van der Waals surface area contributed by atoms with Crippen molar-refractivity contribution in [1.29, 1.82) is 0 Å². The number of carbonyl (C=O) groups is 2. The van der Waals surface area contributed by atoms with Gasteiger partial charge in [0, 0.05) is 42.7 Å². The Morgan fingerprint density at radius 2 is 1.68 bits per heavy atom. The van der Waals surface area contributed by atoms with Gasteiger partial charge in [-0.1, -0.05) is 67.6 Å². The molecule has 194 valence electrons. The topological polar surface area (TPSA) is 102 Å². The molecule has 2 N–H and O–H groups in total. The summed E-state index contributed by atoms with van der Waals surface area (Å²) in [5.41, 5.74) is 3.20. The van der Waals surface area contributed by atoms with Crippen molar-refractivity contribution in [3.8, 4) is 17.2 Å². The summed E-state index contributed by atoms with van der Waals surface area (Å²) < 4.78 is 11.8. The minimum absolute atomic E-state index is 0.197. The lowest BCUT2D eigenvalue weighted by molar-refractivity contribution is -0.139. The number of carbonyl (C=O) groups excluding carboxylic acids is 1.